The van der Waals surface area contributed by atoms with Crippen LogP contribution in [-0.4, -0.2) is 169 Å². The highest BCUT2D eigenvalue weighted by Gasteiger charge is 2.37. The number of phenolic OH excluding ortho intramolecular Hbond substituents is 17. The first-order valence-corrected chi connectivity index (χ1v) is 22.3. The van der Waals surface area contributed by atoms with Gasteiger partial charge in [-0.15, -0.1) is 0 Å². The van der Waals surface area contributed by atoms with Gasteiger partial charge >= 0.3 is 35.8 Å². The van der Waals surface area contributed by atoms with Crippen LogP contribution in [0.4, 0.5) is 0 Å². The van der Waals surface area contributed by atoms with E-state index in [4.69, 9.17) is 33.2 Å². The molecule has 0 aromatic heterocycles. The third-order valence-electron chi connectivity index (χ3n) is 11.0. The van der Waals surface area contributed by atoms with E-state index in [2.05, 4.69) is 4.74 Å². The molecule has 31 heteroatoms. The highest BCUT2D eigenvalue weighted by molar-refractivity contribution is 6.08. The minimum Gasteiger partial charge on any atom is -0.504 e. The van der Waals surface area contributed by atoms with Crippen molar-refractivity contribution < 1.29 is 153 Å². The summed E-state index contributed by atoms with van der Waals surface area (Å²) in [7, 11) is 0.923. The Morgan fingerprint density at radius 1 is 0.395 bits per heavy atom. The number of benzene rings is 6. The second-order valence-electron chi connectivity index (χ2n) is 16.2. The van der Waals surface area contributed by atoms with Gasteiger partial charge in [0.2, 0.25) is 35.0 Å². The molecule has 0 saturated carbocycles. The number of methoxy groups -OCH3 is 1. The molecule has 0 heterocycles. The molecule has 0 aliphatic carbocycles. The summed E-state index contributed by atoms with van der Waals surface area (Å²) in [4.78, 5) is 80.7. The SMILES string of the molecule is CCOC(=O)c1cc(O)c(O)c(O)c1-c1c(C(=O)OCCO[C@@H](OC(=O)c2cc(O)c(O)c(O)c2Oc2cc(C(=O)OC)cc(O)c2O)[C@@H](COC(=O)c2cc(O)c(O)c(O)c2)OC(=O)c2cc(O)c(O)c(O)c2)cc(O)c(O)c1O. The van der Waals surface area contributed by atoms with Crippen LogP contribution in [0, 0.1) is 0 Å². The molecule has 6 rings (SSSR count). The Balaban J connectivity index is 1.44. The average Bonchev–Trinajstić information content (AvgIpc) is 3.61. The van der Waals surface area contributed by atoms with E-state index in [1.165, 1.54) is 6.92 Å². The van der Waals surface area contributed by atoms with E-state index in [1.807, 2.05) is 0 Å². The summed E-state index contributed by atoms with van der Waals surface area (Å²) in [5.41, 5.74) is -7.17. The number of hydrogen-bond acceptors (Lipinski definition) is 31. The Morgan fingerprint density at radius 2 is 0.815 bits per heavy atom. The number of esters is 6. The zero-order valence-corrected chi connectivity index (χ0v) is 41.0. The number of hydrogen-bond donors (Lipinski definition) is 17. The third-order valence-corrected chi connectivity index (χ3v) is 11.0. The molecule has 0 aliphatic rings. The third kappa shape index (κ3) is 12.2. The fourth-order valence-electron chi connectivity index (χ4n) is 7.05. The molecule has 6 aromatic rings. The minimum atomic E-state index is -2.65. The van der Waals surface area contributed by atoms with Crippen LogP contribution in [0.3, 0.4) is 0 Å². The van der Waals surface area contributed by atoms with Crippen molar-refractivity contribution in [3.05, 3.63) is 88.0 Å². The first kappa shape index (κ1) is 58.8. The molecule has 0 fully saturated rings. The van der Waals surface area contributed by atoms with E-state index < -0.39 is 222 Å². The number of carbonyl (C=O) groups excluding carboxylic acids is 6. The molecule has 17 N–H and O–H groups in total. The first-order valence-electron chi connectivity index (χ1n) is 22.3. The van der Waals surface area contributed by atoms with E-state index in [0.717, 1.165) is 7.11 Å². The summed E-state index contributed by atoms with van der Waals surface area (Å²) in [5, 5.41) is 177. The molecule has 0 amide bonds. The van der Waals surface area contributed by atoms with E-state index in [9.17, 15) is 116 Å². The Bertz CT molecular complexity index is 3480. The summed E-state index contributed by atoms with van der Waals surface area (Å²) in [6.45, 7) is -2.67. The van der Waals surface area contributed by atoms with Crippen molar-refractivity contribution in [2.24, 2.45) is 0 Å². The predicted molar refractivity (Wildman–Crippen MR) is 258 cm³/mol. The average molecular weight is 1140 g/mol. The van der Waals surface area contributed by atoms with Crippen molar-refractivity contribution in [1.82, 2.24) is 0 Å². The maximum atomic E-state index is 14.4. The normalized spacial score (nSPS) is 11.6. The maximum Gasteiger partial charge on any atom is 0.344 e. The monoisotopic (exact) mass is 1140 g/mol. The lowest BCUT2D eigenvalue weighted by Gasteiger charge is -2.27. The van der Waals surface area contributed by atoms with E-state index in [0.29, 0.717) is 54.6 Å². The van der Waals surface area contributed by atoms with Crippen molar-refractivity contribution >= 4 is 35.8 Å². The van der Waals surface area contributed by atoms with Gasteiger partial charge in [-0.3, -0.25) is 0 Å². The number of carbonyl (C=O) groups is 6. The standard InChI is InChI=1S/C50H42O31/c1-3-75-47(71)19-12-27(56)37(62)40(65)32(19)33-20(13-28(57)38(63)41(33)66)48(72)76-4-5-77-50(81-49(73)21-14-29(58)39(64)42(67)43(21)79-30-11-18(44(68)74-2)10-26(55)36(30)61)31(80-46(70)17-8-24(53)35(60)25(54)9-17)15-78-45(69)16-6-22(51)34(59)23(52)7-16/h6-14,31,50-67H,3-5,15H2,1-2H3/t31-,50+/m1/s1. The number of rotatable bonds is 19. The summed E-state index contributed by atoms with van der Waals surface area (Å²) in [6, 6.07) is 4.92. The lowest BCUT2D eigenvalue weighted by Crippen LogP contribution is -2.41. The lowest BCUT2D eigenvalue weighted by atomic mass is 9.92. The summed E-state index contributed by atoms with van der Waals surface area (Å²) in [6.07, 6.45) is -5.09. The zero-order chi connectivity index (χ0) is 60.1. The molecule has 0 aliphatic heterocycles. The molecular weight excluding hydrogens is 1100 g/mol. The summed E-state index contributed by atoms with van der Waals surface area (Å²) >= 11 is 0. The summed E-state index contributed by atoms with van der Waals surface area (Å²) in [5.74, 6) is -32.5. The fourth-order valence-corrected chi connectivity index (χ4v) is 7.05. The van der Waals surface area contributed by atoms with Crippen LogP contribution in [0.2, 0.25) is 0 Å². The van der Waals surface area contributed by atoms with Crippen molar-refractivity contribution in [2.45, 2.75) is 19.3 Å². The van der Waals surface area contributed by atoms with Gasteiger partial charge in [0.05, 0.1) is 48.1 Å². The van der Waals surface area contributed by atoms with E-state index in [1.54, 1.807) is 0 Å². The van der Waals surface area contributed by atoms with Crippen LogP contribution in [-0.2, 0) is 33.2 Å². The predicted octanol–water partition coefficient (Wildman–Crippen LogP) is 3.54. The van der Waals surface area contributed by atoms with Crippen LogP contribution in [0.5, 0.6) is 109 Å². The highest BCUT2D eigenvalue weighted by atomic mass is 16.7. The quantitative estimate of drug-likeness (QED) is 0.0181. The van der Waals surface area contributed by atoms with Gasteiger partial charge in [-0.2, -0.15) is 0 Å². The van der Waals surface area contributed by atoms with Gasteiger partial charge in [0.25, 0.3) is 0 Å². The zero-order valence-electron chi connectivity index (χ0n) is 41.0. The Labute approximate surface area is 449 Å². The molecule has 0 radical (unpaired) electrons. The van der Waals surface area contributed by atoms with Crippen molar-refractivity contribution in [2.75, 3.05) is 33.5 Å². The van der Waals surface area contributed by atoms with Gasteiger partial charge in [0.1, 0.15) is 18.8 Å². The molecule has 0 spiro atoms. The van der Waals surface area contributed by atoms with Gasteiger partial charge in [-0.05, 0) is 55.5 Å². The fraction of sp³-hybridized carbons (Fsp3) is 0.160. The van der Waals surface area contributed by atoms with Gasteiger partial charge in [-0.1, -0.05) is 0 Å². The van der Waals surface area contributed by atoms with Crippen LogP contribution in [0.25, 0.3) is 11.1 Å². The second-order valence-corrected chi connectivity index (χ2v) is 16.2. The van der Waals surface area contributed by atoms with Crippen LogP contribution in [0.1, 0.15) is 69.1 Å². The van der Waals surface area contributed by atoms with Crippen LogP contribution < -0.4 is 4.74 Å². The molecule has 0 bridgehead atoms. The number of ether oxygens (including phenoxy) is 8. The number of aromatic hydroxyl groups is 17. The van der Waals surface area contributed by atoms with Gasteiger partial charge in [0, 0.05) is 17.2 Å². The van der Waals surface area contributed by atoms with Crippen molar-refractivity contribution in [3.8, 4) is 120 Å². The molecule has 6 aromatic carbocycles. The molecule has 428 valence electrons. The molecule has 31 nitrogen and oxygen atoms in total. The highest BCUT2D eigenvalue weighted by Crippen LogP contribution is 2.53. The largest absolute Gasteiger partial charge is 0.504 e. The van der Waals surface area contributed by atoms with Crippen LogP contribution >= 0.6 is 0 Å². The van der Waals surface area contributed by atoms with Crippen molar-refractivity contribution in [3.63, 3.8) is 0 Å². The molecule has 81 heavy (non-hydrogen) atoms. The second kappa shape index (κ2) is 23.8. The Kier molecular flexibility index (Phi) is 17.3. The minimum absolute atomic E-state index is 0.337. The van der Waals surface area contributed by atoms with Gasteiger partial charge in [0.15, 0.2) is 86.6 Å². The Morgan fingerprint density at radius 3 is 1.30 bits per heavy atom. The van der Waals surface area contributed by atoms with E-state index >= 15 is 0 Å². The van der Waals surface area contributed by atoms with Gasteiger partial charge in [-0.25, -0.2) is 28.8 Å². The van der Waals surface area contributed by atoms with Crippen molar-refractivity contribution in [1.29, 1.82) is 0 Å². The molecule has 0 unspecified atom stereocenters. The van der Waals surface area contributed by atoms with Gasteiger partial charge < -0.3 is 125 Å². The molecule has 2 atom stereocenters. The lowest BCUT2D eigenvalue weighted by molar-refractivity contribution is -0.179. The number of phenols is 17. The Hall–Kier alpha value is -11.5. The molecule has 0 saturated heterocycles. The van der Waals surface area contributed by atoms with E-state index in [-0.39, 0.29) is 6.61 Å². The smallest absolute Gasteiger partial charge is 0.344 e. The topological polar surface area (TPSA) is 520 Å². The summed E-state index contributed by atoms with van der Waals surface area (Å²) < 4.78 is 41.9. The maximum absolute atomic E-state index is 14.4. The van der Waals surface area contributed by atoms with Crippen LogP contribution in [0.15, 0.2) is 54.6 Å². The molecular formula is C50H42O31. The first-order chi connectivity index (χ1) is 38.1.